The normalized spacial score (nSPS) is 11.4. The maximum absolute atomic E-state index is 6.13. The topological polar surface area (TPSA) is 48.1 Å². The molecular formula is C16H20N2O. The number of nitrogens with two attached hydrogens (primary N) is 1. The molecule has 2 N–H and O–H groups in total. The molecule has 0 unspecified atom stereocenters. The van der Waals surface area contributed by atoms with Gasteiger partial charge < -0.3 is 10.5 Å². The predicted molar refractivity (Wildman–Crippen MR) is 78.2 cm³/mol. The van der Waals surface area contributed by atoms with Crippen LogP contribution in [0.4, 0.5) is 0 Å². The van der Waals surface area contributed by atoms with Crippen LogP contribution < -0.4 is 10.5 Å². The summed E-state index contributed by atoms with van der Waals surface area (Å²) >= 11 is 0. The number of aromatic nitrogens is 1. The van der Waals surface area contributed by atoms with Gasteiger partial charge in [-0.15, -0.1) is 0 Å². The Bertz CT molecular complexity index is 568. The van der Waals surface area contributed by atoms with Crippen molar-refractivity contribution in [2.45, 2.75) is 26.3 Å². The van der Waals surface area contributed by atoms with Crippen LogP contribution >= 0.6 is 0 Å². The monoisotopic (exact) mass is 256 g/mol. The minimum atomic E-state index is -0.366. The van der Waals surface area contributed by atoms with Crippen molar-refractivity contribution in [1.29, 1.82) is 0 Å². The minimum absolute atomic E-state index is 0.366. The predicted octanol–water partition coefficient (Wildman–Crippen LogP) is 3.26. The average Bonchev–Trinajstić information content (AvgIpc) is 2.37. The van der Waals surface area contributed by atoms with E-state index in [9.17, 15) is 0 Å². The van der Waals surface area contributed by atoms with Crippen molar-refractivity contribution < 1.29 is 4.74 Å². The highest BCUT2D eigenvalue weighted by Crippen LogP contribution is 2.25. The van der Waals surface area contributed by atoms with Crippen molar-refractivity contribution in [3.05, 3.63) is 47.7 Å². The van der Waals surface area contributed by atoms with Gasteiger partial charge in [0.05, 0.1) is 12.8 Å². The molecule has 2 aromatic rings. The number of hydrogen-bond donors (Lipinski definition) is 1. The van der Waals surface area contributed by atoms with E-state index in [0.717, 1.165) is 28.3 Å². The maximum atomic E-state index is 6.13. The molecule has 0 atom stereocenters. The van der Waals surface area contributed by atoms with E-state index in [-0.39, 0.29) is 5.54 Å². The smallest absolute Gasteiger partial charge is 0.118 e. The molecule has 1 heterocycles. The lowest BCUT2D eigenvalue weighted by Crippen LogP contribution is -2.29. The van der Waals surface area contributed by atoms with Crippen molar-refractivity contribution >= 4 is 0 Å². The van der Waals surface area contributed by atoms with Crippen LogP contribution in [-0.4, -0.2) is 12.1 Å². The van der Waals surface area contributed by atoms with Crippen molar-refractivity contribution in [3.63, 3.8) is 0 Å². The van der Waals surface area contributed by atoms with Crippen LogP contribution in [0.1, 0.15) is 25.1 Å². The van der Waals surface area contributed by atoms with Gasteiger partial charge in [0.25, 0.3) is 0 Å². The number of pyridine rings is 1. The Morgan fingerprint density at radius 3 is 2.16 bits per heavy atom. The molecule has 1 aromatic carbocycles. The lowest BCUT2D eigenvalue weighted by molar-refractivity contribution is 0.415. The molecule has 0 aliphatic heterocycles. The number of ether oxygens (including phenoxy) is 1. The molecule has 0 aliphatic carbocycles. The average molecular weight is 256 g/mol. The third kappa shape index (κ3) is 2.93. The summed E-state index contributed by atoms with van der Waals surface area (Å²) < 4.78 is 5.16. The quantitative estimate of drug-likeness (QED) is 0.917. The molecule has 0 fully saturated rings. The molecule has 0 saturated heterocycles. The Morgan fingerprint density at radius 1 is 1.05 bits per heavy atom. The second-order valence-electron chi connectivity index (χ2n) is 5.28. The Morgan fingerprint density at radius 2 is 1.68 bits per heavy atom. The van der Waals surface area contributed by atoms with Gasteiger partial charge in [-0.25, -0.2) is 0 Å². The zero-order valence-electron chi connectivity index (χ0n) is 11.9. The van der Waals surface area contributed by atoms with Gasteiger partial charge in [0.1, 0.15) is 5.75 Å². The number of methoxy groups -OCH3 is 1. The third-order valence-corrected chi connectivity index (χ3v) is 3.17. The van der Waals surface area contributed by atoms with Gasteiger partial charge in [0, 0.05) is 16.8 Å². The Balaban J connectivity index is 2.38. The molecule has 3 heteroatoms. The van der Waals surface area contributed by atoms with Crippen molar-refractivity contribution in [2.24, 2.45) is 5.73 Å². The lowest BCUT2D eigenvalue weighted by atomic mass is 9.93. The molecule has 3 nitrogen and oxygen atoms in total. The van der Waals surface area contributed by atoms with Gasteiger partial charge in [0.2, 0.25) is 0 Å². The van der Waals surface area contributed by atoms with Crippen molar-refractivity contribution in [3.8, 4) is 17.0 Å². The van der Waals surface area contributed by atoms with E-state index in [1.165, 1.54) is 0 Å². The van der Waals surface area contributed by atoms with E-state index < -0.39 is 0 Å². The maximum Gasteiger partial charge on any atom is 0.118 e. The second-order valence-corrected chi connectivity index (χ2v) is 5.28. The molecule has 0 aliphatic rings. The molecule has 0 bridgehead atoms. The van der Waals surface area contributed by atoms with Crippen LogP contribution in [0, 0.1) is 6.92 Å². The van der Waals surface area contributed by atoms with Gasteiger partial charge in [-0.2, -0.15) is 0 Å². The molecule has 100 valence electrons. The Hall–Kier alpha value is -1.87. The molecule has 1 aromatic heterocycles. The second kappa shape index (κ2) is 5.02. The zero-order chi connectivity index (χ0) is 14.0. The highest BCUT2D eigenvalue weighted by molar-refractivity contribution is 5.60. The van der Waals surface area contributed by atoms with Crippen LogP contribution in [0.15, 0.2) is 36.4 Å². The first-order valence-corrected chi connectivity index (χ1v) is 6.33. The summed E-state index contributed by atoms with van der Waals surface area (Å²) in [5.41, 5.74) is 9.84. The molecule has 0 saturated carbocycles. The van der Waals surface area contributed by atoms with Gasteiger partial charge in [0.15, 0.2) is 0 Å². The molecule has 0 spiro atoms. The number of nitrogens with zero attached hydrogens (tertiary/aromatic N) is 1. The van der Waals surface area contributed by atoms with Gasteiger partial charge >= 0.3 is 0 Å². The summed E-state index contributed by atoms with van der Waals surface area (Å²) in [6, 6.07) is 12.0. The number of rotatable bonds is 3. The number of benzene rings is 1. The SMILES string of the molecule is COc1ccc(-c2ccc(C(C)(C)N)c(C)n2)cc1. The van der Waals surface area contributed by atoms with E-state index in [4.69, 9.17) is 10.5 Å². The summed E-state index contributed by atoms with van der Waals surface area (Å²) in [4.78, 5) is 4.64. The van der Waals surface area contributed by atoms with Crippen molar-refractivity contribution in [1.82, 2.24) is 4.98 Å². The minimum Gasteiger partial charge on any atom is -0.497 e. The fourth-order valence-electron chi connectivity index (χ4n) is 2.16. The zero-order valence-corrected chi connectivity index (χ0v) is 11.9. The lowest BCUT2D eigenvalue weighted by Gasteiger charge is -2.21. The first-order chi connectivity index (χ1) is 8.91. The summed E-state index contributed by atoms with van der Waals surface area (Å²) in [6.07, 6.45) is 0. The summed E-state index contributed by atoms with van der Waals surface area (Å²) in [6.45, 7) is 5.98. The fraction of sp³-hybridized carbons (Fsp3) is 0.312. The number of aryl methyl sites for hydroxylation is 1. The van der Waals surface area contributed by atoms with Crippen LogP contribution in [-0.2, 0) is 5.54 Å². The van der Waals surface area contributed by atoms with E-state index in [0.29, 0.717) is 0 Å². The van der Waals surface area contributed by atoms with Gasteiger partial charge in [-0.3, -0.25) is 4.98 Å². The summed E-state index contributed by atoms with van der Waals surface area (Å²) in [5.74, 6) is 0.847. The van der Waals surface area contributed by atoms with Crippen LogP contribution in [0.3, 0.4) is 0 Å². The summed E-state index contributed by atoms with van der Waals surface area (Å²) in [7, 11) is 1.66. The number of hydrogen-bond acceptors (Lipinski definition) is 3. The molecular weight excluding hydrogens is 236 g/mol. The molecule has 19 heavy (non-hydrogen) atoms. The first kappa shape index (κ1) is 13.6. The highest BCUT2D eigenvalue weighted by atomic mass is 16.5. The van der Waals surface area contributed by atoms with Crippen LogP contribution in [0.25, 0.3) is 11.3 Å². The highest BCUT2D eigenvalue weighted by Gasteiger charge is 2.17. The largest absolute Gasteiger partial charge is 0.497 e. The Labute approximate surface area is 114 Å². The van der Waals surface area contributed by atoms with Crippen LogP contribution in [0.2, 0.25) is 0 Å². The van der Waals surface area contributed by atoms with Crippen LogP contribution in [0.5, 0.6) is 5.75 Å². The molecule has 2 rings (SSSR count). The molecule has 0 radical (unpaired) electrons. The van der Waals surface area contributed by atoms with Crippen molar-refractivity contribution in [2.75, 3.05) is 7.11 Å². The van der Waals surface area contributed by atoms with Gasteiger partial charge in [-0.1, -0.05) is 6.07 Å². The van der Waals surface area contributed by atoms with E-state index in [1.807, 2.05) is 51.1 Å². The summed E-state index contributed by atoms with van der Waals surface area (Å²) in [5, 5.41) is 0. The third-order valence-electron chi connectivity index (χ3n) is 3.17. The van der Waals surface area contributed by atoms with E-state index in [2.05, 4.69) is 11.1 Å². The fourth-order valence-corrected chi connectivity index (χ4v) is 2.16. The van der Waals surface area contributed by atoms with E-state index in [1.54, 1.807) is 7.11 Å². The van der Waals surface area contributed by atoms with Gasteiger partial charge in [-0.05, 0) is 56.7 Å². The van der Waals surface area contributed by atoms with E-state index >= 15 is 0 Å². The first-order valence-electron chi connectivity index (χ1n) is 6.33. The Kier molecular flexibility index (Phi) is 3.58. The molecule has 0 amide bonds. The standard InChI is InChI=1S/C16H20N2O/c1-11-14(16(2,3)17)9-10-15(18-11)12-5-7-13(19-4)8-6-12/h5-10H,17H2,1-4H3.